The highest BCUT2D eigenvalue weighted by molar-refractivity contribution is 7.98. The molecule has 1 amide bonds. The zero-order chi connectivity index (χ0) is 23.4. The van der Waals surface area contributed by atoms with Crippen molar-refractivity contribution in [3.05, 3.63) is 66.1 Å². The first kappa shape index (κ1) is 23.0. The van der Waals surface area contributed by atoms with Crippen LogP contribution in [0.25, 0.3) is 0 Å². The van der Waals surface area contributed by atoms with Gasteiger partial charge in [-0.2, -0.15) is 13.2 Å². The summed E-state index contributed by atoms with van der Waals surface area (Å²) in [5, 5.41) is 0.927. The Balaban J connectivity index is 1.25. The van der Waals surface area contributed by atoms with Crippen molar-refractivity contribution in [2.24, 2.45) is 7.05 Å². The highest BCUT2D eigenvalue weighted by Gasteiger charge is 2.31. The van der Waals surface area contributed by atoms with Gasteiger partial charge in [0.05, 0.1) is 5.56 Å². The normalized spacial score (nSPS) is 14.4. The molecule has 1 aliphatic rings. The van der Waals surface area contributed by atoms with Crippen molar-refractivity contribution in [2.45, 2.75) is 17.1 Å². The topological polar surface area (TPSA) is 63.5 Å². The molecule has 0 bridgehead atoms. The predicted octanol–water partition coefficient (Wildman–Crippen LogP) is 4.45. The van der Waals surface area contributed by atoms with Crippen LogP contribution in [0.4, 0.5) is 23.8 Å². The molecular formula is C22H22F3N5O2S. The lowest BCUT2D eigenvalue weighted by Gasteiger charge is -2.34. The van der Waals surface area contributed by atoms with Crippen molar-refractivity contribution in [1.82, 2.24) is 19.4 Å². The maximum atomic E-state index is 12.7. The first-order chi connectivity index (χ1) is 15.8. The van der Waals surface area contributed by atoms with E-state index in [1.165, 1.54) is 6.07 Å². The zero-order valence-corrected chi connectivity index (χ0v) is 18.6. The van der Waals surface area contributed by atoms with Crippen molar-refractivity contribution >= 4 is 23.7 Å². The molecule has 0 atom stereocenters. The predicted molar refractivity (Wildman–Crippen MR) is 118 cm³/mol. The summed E-state index contributed by atoms with van der Waals surface area (Å²) < 4.78 is 45.5. The number of thioether (sulfide) groups is 1. The lowest BCUT2D eigenvalue weighted by molar-refractivity contribution is -0.137. The maximum Gasteiger partial charge on any atom is 0.417 e. The maximum absolute atomic E-state index is 12.7. The molecule has 3 aromatic rings. The molecule has 1 saturated heterocycles. The lowest BCUT2D eigenvalue weighted by Crippen LogP contribution is -2.49. The van der Waals surface area contributed by atoms with E-state index in [9.17, 15) is 18.0 Å². The number of alkyl halides is 3. The van der Waals surface area contributed by atoms with Crippen molar-refractivity contribution in [3.8, 4) is 5.75 Å². The molecule has 33 heavy (non-hydrogen) atoms. The smallest absolute Gasteiger partial charge is 0.410 e. The van der Waals surface area contributed by atoms with Crippen LogP contribution < -0.4 is 9.64 Å². The molecule has 4 rings (SSSR count). The van der Waals surface area contributed by atoms with Gasteiger partial charge in [0.2, 0.25) is 0 Å². The summed E-state index contributed by atoms with van der Waals surface area (Å²) in [6.07, 6.45) is -0.390. The first-order valence-electron chi connectivity index (χ1n) is 10.2. The van der Waals surface area contributed by atoms with Crippen LogP contribution in [-0.2, 0) is 19.0 Å². The van der Waals surface area contributed by atoms with Crippen molar-refractivity contribution < 1.29 is 22.7 Å². The molecule has 174 valence electrons. The number of pyridine rings is 1. The van der Waals surface area contributed by atoms with Gasteiger partial charge in [-0.25, -0.2) is 14.8 Å². The Labute approximate surface area is 193 Å². The number of piperazine rings is 1. The molecule has 7 nitrogen and oxygen atoms in total. The van der Waals surface area contributed by atoms with Crippen LogP contribution in [0.2, 0.25) is 0 Å². The van der Waals surface area contributed by atoms with Crippen LogP contribution in [-0.4, -0.2) is 51.7 Å². The summed E-state index contributed by atoms with van der Waals surface area (Å²) >= 11 is 1.62. The van der Waals surface area contributed by atoms with Crippen LogP contribution in [0.1, 0.15) is 11.1 Å². The van der Waals surface area contributed by atoms with Gasteiger partial charge < -0.3 is 19.1 Å². The molecule has 2 aromatic heterocycles. The number of benzene rings is 1. The minimum Gasteiger partial charge on any atom is -0.410 e. The van der Waals surface area contributed by atoms with Crippen LogP contribution in [0.5, 0.6) is 5.75 Å². The number of halogens is 3. The molecule has 0 unspecified atom stereocenters. The second-order valence-electron chi connectivity index (χ2n) is 7.50. The minimum atomic E-state index is -4.41. The highest BCUT2D eigenvalue weighted by atomic mass is 32.2. The Kier molecular flexibility index (Phi) is 6.77. The zero-order valence-electron chi connectivity index (χ0n) is 17.8. The van der Waals surface area contributed by atoms with Crippen LogP contribution in [0, 0.1) is 0 Å². The van der Waals surface area contributed by atoms with E-state index in [2.05, 4.69) is 9.97 Å². The minimum absolute atomic E-state index is 0.389. The fourth-order valence-electron chi connectivity index (χ4n) is 3.32. The molecule has 0 saturated carbocycles. The number of carbonyl (C=O) groups is 1. The van der Waals surface area contributed by atoms with Gasteiger partial charge >= 0.3 is 12.3 Å². The Hall–Kier alpha value is -3.21. The molecule has 0 aliphatic carbocycles. The third-order valence-corrected chi connectivity index (χ3v) is 6.34. The third-order valence-electron chi connectivity index (χ3n) is 5.21. The SMILES string of the molecule is Cn1ccnc1SCc1ccc(OC(=O)N2CCN(c3ccc(C(F)(F)F)cn3)CC2)cc1. The fourth-order valence-corrected chi connectivity index (χ4v) is 4.21. The van der Waals surface area contributed by atoms with Crippen LogP contribution in [0.3, 0.4) is 0 Å². The van der Waals surface area contributed by atoms with E-state index < -0.39 is 17.8 Å². The van der Waals surface area contributed by atoms with E-state index in [0.29, 0.717) is 37.7 Å². The number of hydrogen-bond acceptors (Lipinski definition) is 6. The molecule has 1 aromatic carbocycles. The second-order valence-corrected chi connectivity index (χ2v) is 8.44. The Bertz CT molecular complexity index is 1080. The van der Waals surface area contributed by atoms with Gasteiger partial charge in [-0.1, -0.05) is 23.9 Å². The number of aryl methyl sites for hydroxylation is 1. The number of amides is 1. The molecule has 11 heteroatoms. The van der Waals surface area contributed by atoms with Gasteiger partial charge in [-0.15, -0.1) is 0 Å². The van der Waals surface area contributed by atoms with E-state index in [1.807, 2.05) is 34.8 Å². The van der Waals surface area contributed by atoms with Gasteiger partial charge in [0.15, 0.2) is 5.16 Å². The van der Waals surface area contributed by atoms with Crippen molar-refractivity contribution in [2.75, 3.05) is 31.1 Å². The fraction of sp³-hybridized carbons (Fsp3) is 0.318. The summed E-state index contributed by atoms with van der Waals surface area (Å²) in [6.45, 7) is 1.69. The van der Waals surface area contributed by atoms with Crippen LogP contribution >= 0.6 is 11.8 Å². The molecule has 0 radical (unpaired) electrons. The number of carbonyl (C=O) groups excluding carboxylic acids is 1. The van der Waals surface area contributed by atoms with E-state index >= 15 is 0 Å². The Morgan fingerprint density at radius 3 is 2.36 bits per heavy atom. The summed E-state index contributed by atoms with van der Waals surface area (Å²) in [6, 6.07) is 9.70. The molecule has 0 spiro atoms. The van der Waals surface area contributed by atoms with E-state index in [4.69, 9.17) is 4.74 Å². The monoisotopic (exact) mass is 477 g/mol. The molecule has 3 heterocycles. The molecule has 1 aliphatic heterocycles. The second kappa shape index (κ2) is 9.74. The van der Waals surface area contributed by atoms with E-state index in [0.717, 1.165) is 28.7 Å². The number of imidazole rings is 1. The third kappa shape index (κ3) is 5.78. The van der Waals surface area contributed by atoms with Crippen molar-refractivity contribution in [1.29, 1.82) is 0 Å². The first-order valence-corrected chi connectivity index (χ1v) is 11.2. The van der Waals surface area contributed by atoms with E-state index in [1.54, 1.807) is 35.0 Å². The van der Waals surface area contributed by atoms with Crippen molar-refractivity contribution in [3.63, 3.8) is 0 Å². The van der Waals surface area contributed by atoms with E-state index in [-0.39, 0.29) is 0 Å². The number of rotatable bonds is 5. The lowest BCUT2D eigenvalue weighted by atomic mass is 10.2. The van der Waals surface area contributed by atoms with Crippen LogP contribution in [0.15, 0.2) is 60.1 Å². The summed E-state index contributed by atoms with van der Waals surface area (Å²) in [5.74, 6) is 1.66. The van der Waals surface area contributed by atoms with Gasteiger partial charge in [0.1, 0.15) is 11.6 Å². The number of nitrogens with zero attached hydrogens (tertiary/aromatic N) is 5. The van der Waals surface area contributed by atoms with Gasteiger partial charge in [-0.05, 0) is 29.8 Å². The average molecular weight is 478 g/mol. The molecular weight excluding hydrogens is 455 g/mol. The highest BCUT2D eigenvalue weighted by Crippen LogP contribution is 2.29. The average Bonchev–Trinajstić information content (AvgIpc) is 3.23. The summed E-state index contributed by atoms with van der Waals surface area (Å²) in [4.78, 5) is 24.1. The van der Waals surface area contributed by atoms with Gasteiger partial charge in [0, 0.05) is 57.6 Å². The molecule has 0 N–H and O–H groups in total. The summed E-state index contributed by atoms with van der Waals surface area (Å²) in [5.41, 5.74) is 0.301. The number of anilines is 1. The quantitative estimate of drug-likeness (QED) is 0.506. The summed E-state index contributed by atoms with van der Waals surface area (Å²) in [7, 11) is 1.94. The Morgan fingerprint density at radius 2 is 1.79 bits per heavy atom. The van der Waals surface area contributed by atoms with Gasteiger partial charge in [-0.3, -0.25) is 0 Å². The standard InChI is InChI=1S/C22H22F3N5O2S/c1-28-9-8-26-20(28)33-15-16-2-5-18(6-3-16)32-21(31)30-12-10-29(11-13-30)19-7-4-17(14-27-19)22(23,24)25/h2-9,14H,10-13,15H2,1H3. The Morgan fingerprint density at radius 1 is 1.06 bits per heavy atom. The number of ether oxygens (including phenoxy) is 1. The largest absolute Gasteiger partial charge is 0.417 e. The van der Waals surface area contributed by atoms with Gasteiger partial charge in [0.25, 0.3) is 0 Å². The number of hydrogen-bond donors (Lipinski definition) is 0. The number of aromatic nitrogens is 3. The molecule has 1 fully saturated rings.